The molecular weight excluding hydrogens is 343 g/mol. The summed E-state index contributed by atoms with van der Waals surface area (Å²) < 4.78 is 1.28. The topological polar surface area (TPSA) is 0 Å². The van der Waals surface area contributed by atoms with Gasteiger partial charge in [0.1, 0.15) is 0 Å². The summed E-state index contributed by atoms with van der Waals surface area (Å²) in [6.07, 6.45) is 0. The molecule has 0 radical (unpaired) electrons. The van der Waals surface area contributed by atoms with Crippen molar-refractivity contribution in [3.05, 3.63) is 70.3 Å². The highest BCUT2D eigenvalue weighted by atomic mass is 127. The minimum atomic E-state index is 1.28. The first-order valence-corrected chi connectivity index (χ1v) is 7.40. The van der Waals surface area contributed by atoms with Gasteiger partial charge in [0.25, 0.3) is 0 Å². The number of halogens is 1. The molecule has 0 atom stereocenters. The van der Waals surface area contributed by atoms with Gasteiger partial charge in [0, 0.05) is 3.57 Å². The molecule has 0 saturated carbocycles. The third kappa shape index (κ3) is 1.72. The van der Waals surface area contributed by atoms with E-state index in [1.165, 1.54) is 35.9 Å². The largest absolute Gasteiger partial charge is 0.0616 e. The van der Waals surface area contributed by atoms with Crippen molar-refractivity contribution >= 4 is 54.9 Å². The zero-order chi connectivity index (χ0) is 12.8. The minimum absolute atomic E-state index is 1.28. The van der Waals surface area contributed by atoms with Gasteiger partial charge in [0.05, 0.1) is 0 Å². The van der Waals surface area contributed by atoms with Gasteiger partial charge in [-0.25, -0.2) is 0 Å². The summed E-state index contributed by atoms with van der Waals surface area (Å²) in [6.45, 7) is 0. The molecule has 0 heterocycles. The number of hydrogen-bond donors (Lipinski definition) is 0. The predicted octanol–water partition coefficient (Wildman–Crippen LogP) is 5.75. The monoisotopic (exact) mass is 354 g/mol. The van der Waals surface area contributed by atoms with Crippen LogP contribution in [0.3, 0.4) is 0 Å². The summed E-state index contributed by atoms with van der Waals surface area (Å²) >= 11 is 2.37. The Morgan fingerprint density at radius 1 is 0.526 bits per heavy atom. The van der Waals surface area contributed by atoms with Crippen molar-refractivity contribution in [2.24, 2.45) is 0 Å². The third-order valence-corrected chi connectivity index (χ3v) is 4.38. The van der Waals surface area contributed by atoms with Gasteiger partial charge in [0.15, 0.2) is 0 Å². The summed E-state index contributed by atoms with van der Waals surface area (Å²) in [5, 5.41) is 7.97. The van der Waals surface area contributed by atoms with E-state index in [9.17, 15) is 0 Å². The van der Waals surface area contributed by atoms with Crippen molar-refractivity contribution in [3.63, 3.8) is 0 Å². The standard InChI is InChI=1S/C18H11I/c19-14-7-10-16-13(11-14)6-9-17-15-4-2-1-3-12(15)5-8-18(16)17/h1-11H. The molecule has 0 N–H and O–H groups in total. The molecule has 0 aliphatic carbocycles. The number of fused-ring (bicyclic) bond motifs is 5. The second kappa shape index (κ2) is 4.20. The van der Waals surface area contributed by atoms with Crippen LogP contribution in [0.25, 0.3) is 32.3 Å². The first-order chi connectivity index (χ1) is 9.33. The van der Waals surface area contributed by atoms with Crippen LogP contribution in [0.2, 0.25) is 0 Å². The minimum Gasteiger partial charge on any atom is -0.0616 e. The Kier molecular flexibility index (Phi) is 2.49. The Balaban J connectivity index is 2.26. The molecule has 0 aromatic heterocycles. The fraction of sp³-hybridized carbons (Fsp3) is 0. The summed E-state index contributed by atoms with van der Waals surface area (Å²) in [7, 11) is 0. The summed E-state index contributed by atoms with van der Waals surface area (Å²) in [5.41, 5.74) is 0. The van der Waals surface area contributed by atoms with E-state index in [0.29, 0.717) is 0 Å². The lowest BCUT2D eigenvalue weighted by atomic mass is 9.97. The van der Waals surface area contributed by atoms with E-state index in [-0.39, 0.29) is 0 Å². The van der Waals surface area contributed by atoms with Crippen molar-refractivity contribution in [2.45, 2.75) is 0 Å². The van der Waals surface area contributed by atoms with Gasteiger partial charge in [0.2, 0.25) is 0 Å². The molecule has 0 fully saturated rings. The Morgan fingerprint density at radius 3 is 2.00 bits per heavy atom. The van der Waals surface area contributed by atoms with Gasteiger partial charge in [-0.05, 0) is 67.0 Å². The van der Waals surface area contributed by atoms with Gasteiger partial charge in [-0.2, -0.15) is 0 Å². The molecule has 4 aromatic carbocycles. The predicted molar refractivity (Wildman–Crippen MR) is 91.7 cm³/mol. The van der Waals surface area contributed by atoms with Crippen LogP contribution in [0, 0.1) is 3.57 Å². The smallest absolute Gasteiger partial charge is 0.0136 e. The van der Waals surface area contributed by atoms with E-state index >= 15 is 0 Å². The highest BCUT2D eigenvalue weighted by Crippen LogP contribution is 2.31. The molecule has 0 aliphatic rings. The zero-order valence-corrected chi connectivity index (χ0v) is 12.4. The van der Waals surface area contributed by atoms with Crippen molar-refractivity contribution in [1.82, 2.24) is 0 Å². The highest BCUT2D eigenvalue weighted by Gasteiger charge is 2.04. The maximum absolute atomic E-state index is 2.37. The number of rotatable bonds is 0. The maximum atomic E-state index is 2.37. The van der Waals surface area contributed by atoms with Crippen LogP contribution in [-0.2, 0) is 0 Å². The summed E-state index contributed by atoms with van der Waals surface area (Å²) in [6, 6.07) is 24.2. The normalized spacial score (nSPS) is 11.4. The molecule has 19 heavy (non-hydrogen) atoms. The van der Waals surface area contributed by atoms with Crippen molar-refractivity contribution < 1.29 is 0 Å². The van der Waals surface area contributed by atoms with Crippen molar-refractivity contribution in [2.75, 3.05) is 0 Å². The van der Waals surface area contributed by atoms with Gasteiger partial charge in [-0.3, -0.25) is 0 Å². The first kappa shape index (κ1) is 11.2. The molecule has 90 valence electrons. The first-order valence-electron chi connectivity index (χ1n) is 6.33. The molecule has 0 spiro atoms. The lowest BCUT2D eigenvalue weighted by molar-refractivity contribution is 1.72. The molecule has 0 unspecified atom stereocenters. The van der Waals surface area contributed by atoms with Gasteiger partial charge in [-0.15, -0.1) is 0 Å². The molecule has 4 aromatic rings. The average molecular weight is 354 g/mol. The van der Waals surface area contributed by atoms with Crippen LogP contribution >= 0.6 is 22.6 Å². The van der Waals surface area contributed by atoms with E-state index in [4.69, 9.17) is 0 Å². The Labute approximate surface area is 125 Å². The number of hydrogen-bond acceptors (Lipinski definition) is 0. The molecule has 4 rings (SSSR count). The second-order valence-electron chi connectivity index (χ2n) is 4.81. The van der Waals surface area contributed by atoms with Crippen LogP contribution in [0.15, 0.2) is 66.7 Å². The van der Waals surface area contributed by atoms with Crippen molar-refractivity contribution in [1.29, 1.82) is 0 Å². The van der Waals surface area contributed by atoms with E-state index in [0.717, 1.165) is 0 Å². The SMILES string of the molecule is Ic1ccc2c(ccc3c4ccccc4ccc23)c1. The molecule has 1 heteroatoms. The van der Waals surface area contributed by atoms with E-state index in [1.54, 1.807) is 0 Å². The van der Waals surface area contributed by atoms with Crippen LogP contribution < -0.4 is 0 Å². The summed E-state index contributed by atoms with van der Waals surface area (Å²) in [5.74, 6) is 0. The molecule has 0 nitrogen and oxygen atoms in total. The maximum Gasteiger partial charge on any atom is 0.0136 e. The molecule has 0 bridgehead atoms. The van der Waals surface area contributed by atoms with Crippen molar-refractivity contribution in [3.8, 4) is 0 Å². The fourth-order valence-corrected chi connectivity index (χ4v) is 3.32. The van der Waals surface area contributed by atoms with Gasteiger partial charge < -0.3 is 0 Å². The Bertz CT molecular complexity index is 922. The highest BCUT2D eigenvalue weighted by molar-refractivity contribution is 14.1. The van der Waals surface area contributed by atoms with Crippen LogP contribution in [0.1, 0.15) is 0 Å². The fourth-order valence-electron chi connectivity index (χ4n) is 2.80. The van der Waals surface area contributed by atoms with E-state index in [1.807, 2.05) is 0 Å². The second-order valence-corrected chi connectivity index (χ2v) is 6.06. The molecule has 0 saturated heterocycles. The molecular formula is C18H11I. The van der Waals surface area contributed by atoms with Gasteiger partial charge in [-0.1, -0.05) is 54.6 Å². The molecule has 0 amide bonds. The van der Waals surface area contributed by atoms with Crippen LogP contribution in [0.4, 0.5) is 0 Å². The zero-order valence-electron chi connectivity index (χ0n) is 10.2. The van der Waals surface area contributed by atoms with Crippen LogP contribution in [-0.4, -0.2) is 0 Å². The van der Waals surface area contributed by atoms with Crippen LogP contribution in [0.5, 0.6) is 0 Å². The van der Waals surface area contributed by atoms with E-state index in [2.05, 4.69) is 89.3 Å². The van der Waals surface area contributed by atoms with Gasteiger partial charge >= 0.3 is 0 Å². The average Bonchev–Trinajstić information content (AvgIpc) is 2.46. The Morgan fingerprint density at radius 2 is 1.16 bits per heavy atom. The lowest BCUT2D eigenvalue weighted by Gasteiger charge is -2.07. The third-order valence-electron chi connectivity index (χ3n) is 3.70. The van der Waals surface area contributed by atoms with E-state index < -0.39 is 0 Å². The number of benzene rings is 4. The quantitative estimate of drug-likeness (QED) is 0.279. The lowest BCUT2D eigenvalue weighted by Crippen LogP contribution is -1.81. The summed E-state index contributed by atoms with van der Waals surface area (Å²) in [4.78, 5) is 0. The Hall–Kier alpha value is -1.61. The molecule has 0 aliphatic heterocycles.